The third kappa shape index (κ3) is 6.61. The summed E-state index contributed by atoms with van der Waals surface area (Å²) in [6, 6.07) is 5.60. The maximum absolute atomic E-state index is 10.9. The molecule has 0 bridgehead atoms. The Balaban J connectivity index is 2.80. The maximum atomic E-state index is 10.9. The minimum atomic E-state index is -0.931. The predicted molar refractivity (Wildman–Crippen MR) is 92.2 cm³/mol. The van der Waals surface area contributed by atoms with Gasteiger partial charge in [0.05, 0.1) is 0 Å². The number of rotatable bonds is 11. The number of nitrogens with two attached hydrogens (primary N) is 1. The summed E-state index contributed by atoms with van der Waals surface area (Å²) in [6.45, 7) is 4.43. The van der Waals surface area contributed by atoms with Crippen LogP contribution in [0.5, 0.6) is 0 Å². The molecule has 0 saturated heterocycles. The van der Waals surface area contributed by atoms with E-state index in [9.17, 15) is 4.79 Å². The first-order valence-corrected chi connectivity index (χ1v) is 8.67. The van der Waals surface area contributed by atoms with Gasteiger partial charge in [0.2, 0.25) is 0 Å². The highest BCUT2D eigenvalue weighted by molar-refractivity contribution is 5.73. The van der Waals surface area contributed by atoms with E-state index in [0.29, 0.717) is 6.42 Å². The quantitative estimate of drug-likeness (QED) is 0.605. The van der Waals surface area contributed by atoms with Gasteiger partial charge in [-0.25, -0.2) is 0 Å². The molecule has 0 aliphatic rings. The molecule has 22 heavy (non-hydrogen) atoms. The molecule has 1 aromatic carbocycles. The number of carboxylic acid groups (broad SMARTS) is 1. The van der Waals surface area contributed by atoms with E-state index in [1.165, 1.54) is 49.7 Å². The normalized spacial score (nSPS) is 12.3. The molecule has 0 heterocycles. The molecule has 3 nitrogen and oxygen atoms in total. The molecule has 0 saturated carbocycles. The zero-order valence-electron chi connectivity index (χ0n) is 14.1. The van der Waals surface area contributed by atoms with Gasteiger partial charge in [0.15, 0.2) is 0 Å². The van der Waals surface area contributed by atoms with Gasteiger partial charge in [-0.2, -0.15) is 0 Å². The minimum absolute atomic E-state index is 0.408. The number of carboxylic acids is 1. The summed E-state index contributed by atoms with van der Waals surface area (Å²) in [5.74, 6) is -0.931. The summed E-state index contributed by atoms with van der Waals surface area (Å²) < 4.78 is 0. The van der Waals surface area contributed by atoms with Crippen LogP contribution in [0.1, 0.15) is 69.1 Å². The predicted octanol–water partition coefficient (Wildman–Crippen LogP) is 4.11. The molecule has 1 rings (SSSR count). The van der Waals surface area contributed by atoms with Crippen LogP contribution in [0.15, 0.2) is 18.2 Å². The summed E-state index contributed by atoms with van der Waals surface area (Å²) in [5.41, 5.74) is 9.52. The first-order chi connectivity index (χ1) is 10.6. The first-order valence-electron chi connectivity index (χ1n) is 8.67. The van der Waals surface area contributed by atoms with Crippen molar-refractivity contribution in [2.24, 2.45) is 5.73 Å². The van der Waals surface area contributed by atoms with Crippen LogP contribution in [0.2, 0.25) is 0 Å². The highest BCUT2D eigenvalue weighted by atomic mass is 16.4. The molecular weight excluding hydrogens is 274 g/mol. The lowest BCUT2D eigenvalue weighted by Gasteiger charge is -2.13. The molecule has 1 unspecified atom stereocenters. The standard InChI is InChI=1S/C19H31NO2/c1-3-5-7-9-16-12-11-15(14-18(20)19(21)22)13-17(16)10-8-6-4-2/h11-13,18H,3-10,14,20H2,1-2H3,(H,21,22). The fourth-order valence-corrected chi connectivity index (χ4v) is 2.75. The summed E-state index contributed by atoms with van der Waals surface area (Å²) >= 11 is 0. The van der Waals surface area contributed by atoms with Crippen molar-refractivity contribution in [1.82, 2.24) is 0 Å². The first kappa shape index (κ1) is 18.7. The van der Waals surface area contributed by atoms with Crippen LogP contribution in [0.3, 0.4) is 0 Å². The zero-order valence-corrected chi connectivity index (χ0v) is 14.1. The van der Waals surface area contributed by atoms with Crippen molar-refractivity contribution < 1.29 is 9.90 Å². The Labute approximate surface area is 134 Å². The highest BCUT2D eigenvalue weighted by Gasteiger charge is 2.13. The van der Waals surface area contributed by atoms with Gasteiger partial charge in [-0.1, -0.05) is 57.7 Å². The molecule has 0 aromatic heterocycles. The van der Waals surface area contributed by atoms with Crippen molar-refractivity contribution in [2.75, 3.05) is 0 Å². The molecule has 124 valence electrons. The number of benzene rings is 1. The van der Waals surface area contributed by atoms with Gasteiger partial charge in [0.25, 0.3) is 0 Å². The van der Waals surface area contributed by atoms with Gasteiger partial charge in [-0.3, -0.25) is 4.79 Å². The van der Waals surface area contributed by atoms with Crippen molar-refractivity contribution >= 4 is 5.97 Å². The van der Waals surface area contributed by atoms with Gasteiger partial charge in [-0.05, 0) is 48.8 Å². The Bertz CT molecular complexity index is 457. The molecular formula is C19H31NO2. The Morgan fingerprint density at radius 1 is 1.05 bits per heavy atom. The van der Waals surface area contributed by atoms with Crippen molar-refractivity contribution in [3.63, 3.8) is 0 Å². The van der Waals surface area contributed by atoms with Crippen molar-refractivity contribution in [2.45, 2.75) is 77.7 Å². The number of aliphatic carboxylic acids is 1. The van der Waals surface area contributed by atoms with E-state index in [4.69, 9.17) is 10.8 Å². The van der Waals surface area contributed by atoms with Crippen molar-refractivity contribution in [3.8, 4) is 0 Å². The largest absolute Gasteiger partial charge is 0.480 e. The van der Waals surface area contributed by atoms with Gasteiger partial charge >= 0.3 is 5.97 Å². The third-order valence-electron chi connectivity index (χ3n) is 4.14. The average Bonchev–Trinajstić information content (AvgIpc) is 2.49. The zero-order chi connectivity index (χ0) is 16.4. The smallest absolute Gasteiger partial charge is 0.320 e. The molecule has 1 atom stereocenters. The highest BCUT2D eigenvalue weighted by Crippen LogP contribution is 2.19. The van der Waals surface area contributed by atoms with E-state index in [1.807, 2.05) is 6.07 Å². The molecule has 0 spiro atoms. The number of carbonyl (C=O) groups is 1. The molecule has 0 fully saturated rings. The SMILES string of the molecule is CCCCCc1ccc(CC(N)C(=O)O)cc1CCCCC. The fraction of sp³-hybridized carbons (Fsp3) is 0.632. The summed E-state index contributed by atoms with van der Waals surface area (Å²) in [4.78, 5) is 10.9. The van der Waals surface area contributed by atoms with Gasteiger partial charge in [0.1, 0.15) is 6.04 Å². The van der Waals surface area contributed by atoms with Crippen LogP contribution >= 0.6 is 0 Å². The molecule has 0 aliphatic carbocycles. The number of hydrogen-bond acceptors (Lipinski definition) is 2. The van der Waals surface area contributed by atoms with Gasteiger partial charge in [-0.15, -0.1) is 0 Å². The Morgan fingerprint density at radius 2 is 1.64 bits per heavy atom. The topological polar surface area (TPSA) is 63.3 Å². The van der Waals surface area contributed by atoms with Crippen LogP contribution in [-0.2, 0) is 24.1 Å². The van der Waals surface area contributed by atoms with Crippen LogP contribution in [0.4, 0.5) is 0 Å². The number of unbranched alkanes of at least 4 members (excludes halogenated alkanes) is 4. The second kappa shape index (κ2) is 10.4. The molecule has 0 aliphatic heterocycles. The summed E-state index contributed by atoms with van der Waals surface area (Å²) in [7, 11) is 0. The maximum Gasteiger partial charge on any atom is 0.320 e. The molecule has 3 N–H and O–H groups in total. The third-order valence-corrected chi connectivity index (χ3v) is 4.14. The Morgan fingerprint density at radius 3 is 2.18 bits per heavy atom. The van der Waals surface area contributed by atoms with Crippen LogP contribution in [0.25, 0.3) is 0 Å². The van der Waals surface area contributed by atoms with Crippen LogP contribution in [-0.4, -0.2) is 17.1 Å². The monoisotopic (exact) mass is 305 g/mol. The minimum Gasteiger partial charge on any atom is -0.480 e. The van der Waals surface area contributed by atoms with Gasteiger partial charge < -0.3 is 10.8 Å². The van der Waals surface area contributed by atoms with E-state index in [2.05, 4.69) is 26.0 Å². The second-order valence-electron chi connectivity index (χ2n) is 6.17. The van der Waals surface area contributed by atoms with Gasteiger partial charge in [0, 0.05) is 0 Å². The molecule has 0 amide bonds. The molecule has 3 heteroatoms. The number of aryl methyl sites for hydroxylation is 2. The van der Waals surface area contributed by atoms with E-state index in [1.54, 1.807) is 0 Å². The van der Waals surface area contributed by atoms with E-state index in [-0.39, 0.29) is 0 Å². The van der Waals surface area contributed by atoms with Crippen molar-refractivity contribution in [3.05, 3.63) is 34.9 Å². The summed E-state index contributed by atoms with van der Waals surface area (Å²) in [5, 5.41) is 8.96. The molecule has 0 radical (unpaired) electrons. The average molecular weight is 305 g/mol. The van der Waals surface area contributed by atoms with Crippen LogP contribution in [0, 0.1) is 0 Å². The van der Waals surface area contributed by atoms with Crippen molar-refractivity contribution in [1.29, 1.82) is 0 Å². The second-order valence-corrected chi connectivity index (χ2v) is 6.17. The fourth-order valence-electron chi connectivity index (χ4n) is 2.75. The lowest BCUT2D eigenvalue weighted by molar-refractivity contribution is -0.138. The van der Waals surface area contributed by atoms with E-state index < -0.39 is 12.0 Å². The van der Waals surface area contributed by atoms with E-state index >= 15 is 0 Å². The molecule has 1 aromatic rings. The van der Waals surface area contributed by atoms with Crippen LogP contribution < -0.4 is 5.73 Å². The number of hydrogen-bond donors (Lipinski definition) is 2. The Hall–Kier alpha value is -1.35. The summed E-state index contributed by atoms with van der Waals surface area (Å²) in [6.07, 6.45) is 10.0. The lowest BCUT2D eigenvalue weighted by Crippen LogP contribution is -2.32. The van der Waals surface area contributed by atoms with E-state index in [0.717, 1.165) is 18.4 Å². The lowest BCUT2D eigenvalue weighted by atomic mass is 9.93. The Kier molecular flexibility index (Phi) is 8.83.